The van der Waals surface area contributed by atoms with Crippen molar-refractivity contribution in [2.75, 3.05) is 33.5 Å². The smallest absolute Gasteiger partial charge is 0.254 e. The molecule has 0 radical (unpaired) electrons. The number of Topliss-reactive ketones (excluding diaryl/α,β-unsaturated/α-hetero) is 1. The third-order valence-electron chi connectivity index (χ3n) is 4.99. The molecule has 2 aromatic carbocycles. The van der Waals surface area contributed by atoms with Crippen molar-refractivity contribution in [1.82, 2.24) is 5.32 Å². The number of amides is 1. The number of hydrogen-bond acceptors (Lipinski definition) is 5. The second kappa shape index (κ2) is 9.71. The zero-order valence-electron chi connectivity index (χ0n) is 17.5. The van der Waals surface area contributed by atoms with Crippen molar-refractivity contribution >= 4 is 11.7 Å². The molecule has 0 aliphatic carbocycles. The van der Waals surface area contributed by atoms with Gasteiger partial charge >= 0.3 is 0 Å². The Morgan fingerprint density at radius 2 is 2.03 bits per heavy atom. The molecule has 0 bridgehead atoms. The van der Waals surface area contributed by atoms with Crippen molar-refractivity contribution in [3.8, 4) is 11.5 Å². The first-order valence-electron chi connectivity index (χ1n) is 9.97. The minimum absolute atomic E-state index is 0.0177. The van der Waals surface area contributed by atoms with Crippen molar-refractivity contribution < 1.29 is 28.2 Å². The first-order chi connectivity index (χ1) is 14.5. The van der Waals surface area contributed by atoms with Gasteiger partial charge in [0.1, 0.15) is 17.3 Å². The van der Waals surface area contributed by atoms with Crippen molar-refractivity contribution in [1.29, 1.82) is 0 Å². The maximum Gasteiger partial charge on any atom is 0.254 e. The maximum atomic E-state index is 14.6. The Kier molecular flexibility index (Phi) is 7.05. The maximum absolute atomic E-state index is 14.6. The van der Waals surface area contributed by atoms with E-state index < -0.39 is 11.7 Å². The van der Waals surface area contributed by atoms with Crippen LogP contribution >= 0.6 is 0 Å². The van der Waals surface area contributed by atoms with Crippen LogP contribution in [-0.4, -0.2) is 45.2 Å². The number of carbonyl (C=O) groups is 2. The van der Waals surface area contributed by atoms with Crippen molar-refractivity contribution in [2.24, 2.45) is 0 Å². The summed E-state index contributed by atoms with van der Waals surface area (Å²) in [7, 11) is 1.54. The molecule has 0 fully saturated rings. The predicted molar refractivity (Wildman–Crippen MR) is 110 cm³/mol. The zero-order valence-corrected chi connectivity index (χ0v) is 17.5. The van der Waals surface area contributed by atoms with Gasteiger partial charge in [0, 0.05) is 31.6 Å². The first kappa shape index (κ1) is 21.8. The van der Waals surface area contributed by atoms with Crippen LogP contribution < -0.4 is 14.8 Å². The Hall–Kier alpha value is -2.93. The van der Waals surface area contributed by atoms with Gasteiger partial charge in [0.05, 0.1) is 31.5 Å². The van der Waals surface area contributed by atoms with Gasteiger partial charge in [-0.1, -0.05) is 6.07 Å². The molecule has 1 aliphatic rings. The number of methoxy groups -OCH3 is 1. The van der Waals surface area contributed by atoms with E-state index in [1.54, 1.807) is 12.1 Å². The third-order valence-corrected chi connectivity index (χ3v) is 4.99. The highest BCUT2D eigenvalue weighted by Gasteiger charge is 2.26. The lowest BCUT2D eigenvalue weighted by atomic mass is 9.95. The summed E-state index contributed by atoms with van der Waals surface area (Å²) in [5.41, 5.74) is 2.81. The van der Waals surface area contributed by atoms with E-state index in [0.29, 0.717) is 61.8 Å². The van der Waals surface area contributed by atoms with E-state index in [9.17, 15) is 14.0 Å². The molecule has 6 nitrogen and oxygen atoms in total. The number of ether oxygens (including phenoxy) is 3. The molecular formula is C23H26FNO5. The molecule has 3 rings (SSSR count). The van der Waals surface area contributed by atoms with Crippen molar-refractivity contribution in [3.05, 3.63) is 57.9 Å². The SMILES string of the molecule is CCOCCNC(=O)c1ccc(Cc2cc(C(C)=O)c(OC)c3c2OCC3)cc1F. The number of ketones is 1. The van der Waals surface area contributed by atoms with Crippen LogP contribution in [0, 0.1) is 5.82 Å². The van der Waals surface area contributed by atoms with Gasteiger partial charge in [-0.05, 0) is 43.2 Å². The van der Waals surface area contributed by atoms with Gasteiger partial charge in [0.2, 0.25) is 0 Å². The van der Waals surface area contributed by atoms with Crippen molar-refractivity contribution in [3.63, 3.8) is 0 Å². The highest BCUT2D eigenvalue weighted by atomic mass is 19.1. The largest absolute Gasteiger partial charge is 0.496 e. The molecule has 0 aromatic heterocycles. The third kappa shape index (κ3) is 4.62. The van der Waals surface area contributed by atoms with Crippen LogP contribution in [0.4, 0.5) is 4.39 Å². The summed E-state index contributed by atoms with van der Waals surface area (Å²) in [6.07, 6.45) is 1.03. The molecule has 2 aromatic rings. The van der Waals surface area contributed by atoms with Crippen LogP contribution in [-0.2, 0) is 17.6 Å². The quantitative estimate of drug-likeness (QED) is 0.502. The molecule has 160 valence electrons. The summed E-state index contributed by atoms with van der Waals surface area (Å²) in [5.74, 6) is 0.0534. The van der Waals surface area contributed by atoms with E-state index >= 15 is 0 Å². The number of hydrogen-bond donors (Lipinski definition) is 1. The lowest BCUT2D eigenvalue weighted by Gasteiger charge is -2.15. The molecule has 0 spiro atoms. The fourth-order valence-corrected chi connectivity index (χ4v) is 3.60. The average molecular weight is 415 g/mol. The second-order valence-electron chi connectivity index (χ2n) is 7.02. The van der Waals surface area contributed by atoms with Crippen LogP contribution in [0.1, 0.15) is 51.3 Å². The summed E-state index contributed by atoms with van der Waals surface area (Å²) in [6.45, 7) is 5.11. The lowest BCUT2D eigenvalue weighted by molar-refractivity contribution is 0.0918. The standard InChI is InChI=1S/C23H26FNO5/c1-4-29-10-8-25-23(27)17-6-5-15(12-20(17)24)11-16-13-19(14(2)26)22(28-3)18-7-9-30-21(16)18/h5-6,12-13H,4,7-11H2,1-3H3,(H,25,27). The normalized spacial score (nSPS) is 12.3. The number of fused-ring (bicyclic) bond motifs is 1. The Morgan fingerprint density at radius 3 is 2.70 bits per heavy atom. The van der Waals surface area contributed by atoms with Crippen LogP contribution in [0.2, 0.25) is 0 Å². The highest BCUT2D eigenvalue weighted by molar-refractivity contribution is 5.98. The zero-order chi connectivity index (χ0) is 21.7. The molecule has 1 heterocycles. The molecule has 7 heteroatoms. The van der Waals surface area contributed by atoms with Gasteiger partial charge in [-0.25, -0.2) is 4.39 Å². The van der Waals surface area contributed by atoms with Gasteiger partial charge in [0.25, 0.3) is 5.91 Å². The monoisotopic (exact) mass is 415 g/mol. The van der Waals surface area contributed by atoms with E-state index in [4.69, 9.17) is 14.2 Å². The fourth-order valence-electron chi connectivity index (χ4n) is 3.60. The number of carbonyl (C=O) groups excluding carboxylic acids is 2. The lowest BCUT2D eigenvalue weighted by Crippen LogP contribution is -2.28. The molecule has 1 aliphatic heterocycles. The van der Waals surface area contributed by atoms with E-state index in [1.165, 1.54) is 26.2 Å². The van der Waals surface area contributed by atoms with E-state index in [-0.39, 0.29) is 11.3 Å². The summed E-state index contributed by atoms with van der Waals surface area (Å²) >= 11 is 0. The number of rotatable bonds is 9. The van der Waals surface area contributed by atoms with Gasteiger partial charge < -0.3 is 19.5 Å². The molecule has 0 unspecified atom stereocenters. The summed E-state index contributed by atoms with van der Waals surface area (Å²) in [5, 5.41) is 2.64. The van der Waals surface area contributed by atoms with E-state index in [1.807, 2.05) is 6.92 Å². The highest BCUT2D eigenvalue weighted by Crippen LogP contribution is 2.40. The minimum Gasteiger partial charge on any atom is -0.496 e. The first-order valence-corrected chi connectivity index (χ1v) is 9.97. The molecule has 1 amide bonds. The molecule has 1 N–H and O–H groups in total. The number of halogens is 1. The van der Waals surface area contributed by atoms with E-state index in [2.05, 4.69) is 5.32 Å². The Labute approximate surface area is 175 Å². The summed E-state index contributed by atoms with van der Waals surface area (Å²) in [6, 6.07) is 6.27. The molecular weight excluding hydrogens is 389 g/mol. The summed E-state index contributed by atoms with van der Waals surface area (Å²) < 4.78 is 31.0. The molecule has 30 heavy (non-hydrogen) atoms. The Balaban J connectivity index is 1.83. The molecule has 0 atom stereocenters. The predicted octanol–water partition coefficient (Wildman–Crippen LogP) is 3.33. The molecule has 0 saturated carbocycles. The van der Waals surface area contributed by atoms with Gasteiger partial charge in [-0.15, -0.1) is 0 Å². The van der Waals surface area contributed by atoms with Gasteiger partial charge in [0.15, 0.2) is 5.78 Å². The topological polar surface area (TPSA) is 73.9 Å². The van der Waals surface area contributed by atoms with Crippen LogP contribution in [0.15, 0.2) is 24.3 Å². The number of benzene rings is 2. The Morgan fingerprint density at radius 1 is 1.23 bits per heavy atom. The molecule has 0 saturated heterocycles. The van der Waals surface area contributed by atoms with Crippen LogP contribution in [0.5, 0.6) is 11.5 Å². The number of nitrogens with one attached hydrogen (secondary N) is 1. The van der Waals surface area contributed by atoms with Gasteiger partial charge in [-0.3, -0.25) is 9.59 Å². The van der Waals surface area contributed by atoms with Crippen LogP contribution in [0.25, 0.3) is 0 Å². The summed E-state index contributed by atoms with van der Waals surface area (Å²) in [4.78, 5) is 24.3. The van der Waals surface area contributed by atoms with E-state index in [0.717, 1.165) is 11.1 Å². The second-order valence-corrected chi connectivity index (χ2v) is 7.02. The average Bonchev–Trinajstić information content (AvgIpc) is 3.21. The van der Waals surface area contributed by atoms with Crippen molar-refractivity contribution in [2.45, 2.75) is 26.7 Å². The fraction of sp³-hybridized carbons (Fsp3) is 0.391. The minimum atomic E-state index is -0.598. The Bertz CT molecular complexity index is 957. The van der Waals surface area contributed by atoms with Gasteiger partial charge in [-0.2, -0.15) is 0 Å². The van der Waals surface area contributed by atoms with Crippen LogP contribution in [0.3, 0.4) is 0 Å².